The van der Waals surface area contributed by atoms with Crippen molar-refractivity contribution < 1.29 is 4.79 Å². The normalized spacial score (nSPS) is 16.2. The maximum atomic E-state index is 12.4. The summed E-state index contributed by atoms with van der Waals surface area (Å²) >= 11 is 1.28. The summed E-state index contributed by atoms with van der Waals surface area (Å²) in [5.41, 5.74) is 1.90. The minimum absolute atomic E-state index is 0.0423. The fraction of sp³-hybridized carbons (Fsp3) is 0.368. The molecule has 0 unspecified atom stereocenters. The Morgan fingerprint density at radius 1 is 1.30 bits per heavy atom. The van der Waals surface area contributed by atoms with Crippen molar-refractivity contribution in [1.29, 1.82) is 0 Å². The molecule has 2 aromatic heterocycles. The average Bonchev–Trinajstić information content (AvgIpc) is 3.29. The second kappa shape index (κ2) is 7.48. The molecule has 1 aromatic carbocycles. The first-order valence-electron chi connectivity index (χ1n) is 9.12. The average molecular weight is 382 g/mol. The monoisotopic (exact) mass is 382 g/mol. The topological polar surface area (TPSA) is 84.7 Å². The van der Waals surface area contributed by atoms with Gasteiger partial charge in [0.15, 0.2) is 5.82 Å². The van der Waals surface area contributed by atoms with Crippen LogP contribution in [0.25, 0.3) is 11.3 Å². The number of aromatic nitrogens is 4. The summed E-state index contributed by atoms with van der Waals surface area (Å²) in [7, 11) is 0. The van der Waals surface area contributed by atoms with Crippen molar-refractivity contribution in [3.05, 3.63) is 48.0 Å². The largest absolute Gasteiger partial charge is 0.333 e. The number of nitrogens with zero attached hydrogens (tertiary/aromatic N) is 4. The molecule has 1 aliphatic rings. The third kappa shape index (κ3) is 4.00. The van der Waals surface area contributed by atoms with Gasteiger partial charge in [0.25, 0.3) is 0 Å². The van der Waals surface area contributed by atoms with E-state index in [0.717, 1.165) is 40.7 Å². The molecule has 3 aromatic rings. The van der Waals surface area contributed by atoms with Gasteiger partial charge >= 0.3 is 6.03 Å². The number of nitrogens with one attached hydrogen (secondary N) is 2. The summed E-state index contributed by atoms with van der Waals surface area (Å²) in [5.74, 6) is 2.18. The number of carbonyl (C=O) groups excluding carboxylic acids is 1. The summed E-state index contributed by atoms with van der Waals surface area (Å²) < 4.78 is 6.33. The van der Waals surface area contributed by atoms with Crippen molar-refractivity contribution in [2.24, 2.45) is 0 Å². The summed E-state index contributed by atoms with van der Waals surface area (Å²) in [6.45, 7) is 4.83. The molecule has 0 saturated heterocycles. The number of hydrogen-bond donors (Lipinski definition) is 2. The van der Waals surface area contributed by atoms with Gasteiger partial charge in [-0.2, -0.15) is 9.47 Å². The molecule has 1 atom stereocenters. The molecule has 8 heteroatoms. The molecule has 0 bridgehead atoms. The zero-order chi connectivity index (χ0) is 18.8. The van der Waals surface area contributed by atoms with E-state index in [2.05, 4.69) is 38.9 Å². The molecule has 7 nitrogen and oxygen atoms in total. The number of amides is 2. The molecule has 0 aliphatic carbocycles. The van der Waals surface area contributed by atoms with Crippen molar-refractivity contribution in [1.82, 2.24) is 24.5 Å². The van der Waals surface area contributed by atoms with Gasteiger partial charge in [-0.25, -0.2) is 14.5 Å². The van der Waals surface area contributed by atoms with Gasteiger partial charge in [-0.1, -0.05) is 44.2 Å². The Labute approximate surface area is 162 Å². The van der Waals surface area contributed by atoms with Gasteiger partial charge in [0.05, 0.1) is 18.3 Å². The van der Waals surface area contributed by atoms with Crippen LogP contribution in [0.3, 0.4) is 0 Å². The van der Waals surface area contributed by atoms with E-state index in [9.17, 15) is 4.79 Å². The van der Waals surface area contributed by atoms with E-state index in [-0.39, 0.29) is 12.1 Å². The van der Waals surface area contributed by atoms with E-state index in [1.165, 1.54) is 11.5 Å². The van der Waals surface area contributed by atoms with Gasteiger partial charge in [-0.3, -0.25) is 5.32 Å². The zero-order valence-corrected chi connectivity index (χ0v) is 16.2. The van der Waals surface area contributed by atoms with Crippen molar-refractivity contribution in [2.75, 3.05) is 5.32 Å². The minimum atomic E-state index is -0.212. The maximum Gasteiger partial charge on any atom is 0.320 e. The lowest BCUT2D eigenvalue weighted by molar-refractivity contribution is 0.243. The lowest BCUT2D eigenvalue weighted by atomic mass is 10.1. The second-order valence-corrected chi connectivity index (χ2v) is 7.80. The summed E-state index contributed by atoms with van der Waals surface area (Å²) in [5, 5.41) is 11.2. The molecule has 2 N–H and O–H groups in total. The minimum Gasteiger partial charge on any atom is -0.333 e. The highest BCUT2D eigenvalue weighted by Gasteiger charge is 2.23. The SMILES string of the molecule is CC(C)c1nc2n(n1)C[C@H](NC(=O)Nc1cc(-c3ccccc3)ns1)CC2. The van der Waals surface area contributed by atoms with E-state index in [1.54, 1.807) is 0 Å². The second-order valence-electron chi connectivity index (χ2n) is 7.00. The number of benzene rings is 1. The smallest absolute Gasteiger partial charge is 0.320 e. The Bertz CT molecular complexity index is 933. The van der Waals surface area contributed by atoms with Crippen LogP contribution in [-0.4, -0.2) is 31.2 Å². The first-order valence-corrected chi connectivity index (χ1v) is 9.89. The van der Waals surface area contributed by atoms with E-state index in [1.807, 2.05) is 41.1 Å². The van der Waals surface area contributed by atoms with Crippen LogP contribution in [0.15, 0.2) is 36.4 Å². The number of carbonyl (C=O) groups is 1. The zero-order valence-electron chi connectivity index (χ0n) is 15.3. The number of anilines is 1. The van der Waals surface area contributed by atoms with E-state index >= 15 is 0 Å². The van der Waals surface area contributed by atoms with Gasteiger partial charge in [0, 0.05) is 24.0 Å². The van der Waals surface area contributed by atoms with Gasteiger partial charge in [-0.05, 0) is 18.0 Å². The molecule has 1 aliphatic heterocycles. The molecular weight excluding hydrogens is 360 g/mol. The van der Waals surface area contributed by atoms with Gasteiger partial charge in [0.2, 0.25) is 0 Å². The van der Waals surface area contributed by atoms with Crippen LogP contribution in [0.5, 0.6) is 0 Å². The standard InChI is InChI=1S/C19H22N6OS/c1-12(2)18-21-16-9-8-14(11-25(16)23-18)20-19(26)22-17-10-15(24-27-17)13-6-4-3-5-7-13/h3-7,10,12,14H,8-9,11H2,1-2H3,(H2,20,22,26)/t14-/m1/s1. The van der Waals surface area contributed by atoms with E-state index < -0.39 is 0 Å². The molecule has 2 amide bonds. The van der Waals surface area contributed by atoms with Crippen molar-refractivity contribution in [3.63, 3.8) is 0 Å². The van der Waals surface area contributed by atoms with Gasteiger partial charge in [0.1, 0.15) is 10.8 Å². The Morgan fingerprint density at radius 2 is 2.11 bits per heavy atom. The van der Waals surface area contributed by atoms with E-state index in [4.69, 9.17) is 0 Å². The fourth-order valence-corrected chi connectivity index (χ4v) is 3.76. The highest BCUT2D eigenvalue weighted by Crippen LogP contribution is 2.25. The third-order valence-electron chi connectivity index (χ3n) is 4.54. The Kier molecular flexibility index (Phi) is 4.89. The Balaban J connectivity index is 1.35. The van der Waals surface area contributed by atoms with Crippen LogP contribution >= 0.6 is 11.5 Å². The molecule has 4 rings (SSSR count). The maximum absolute atomic E-state index is 12.4. The molecule has 27 heavy (non-hydrogen) atoms. The van der Waals surface area contributed by atoms with Crippen molar-refractivity contribution in [3.8, 4) is 11.3 Å². The van der Waals surface area contributed by atoms with Crippen LogP contribution in [-0.2, 0) is 13.0 Å². The molecule has 3 heterocycles. The lowest BCUT2D eigenvalue weighted by Crippen LogP contribution is -2.43. The van der Waals surface area contributed by atoms with Crippen LogP contribution in [0.4, 0.5) is 9.80 Å². The van der Waals surface area contributed by atoms with Crippen LogP contribution in [0.1, 0.15) is 37.8 Å². The Hall–Kier alpha value is -2.74. The molecule has 0 spiro atoms. The summed E-state index contributed by atoms with van der Waals surface area (Å²) in [6, 6.07) is 11.6. The van der Waals surface area contributed by atoms with Crippen molar-refractivity contribution in [2.45, 2.75) is 45.2 Å². The Morgan fingerprint density at radius 3 is 2.89 bits per heavy atom. The molecule has 0 saturated carbocycles. The molecule has 140 valence electrons. The first-order chi connectivity index (χ1) is 13.1. The van der Waals surface area contributed by atoms with Crippen LogP contribution < -0.4 is 10.6 Å². The van der Waals surface area contributed by atoms with Crippen molar-refractivity contribution >= 4 is 22.6 Å². The van der Waals surface area contributed by atoms with Gasteiger partial charge < -0.3 is 5.32 Å². The predicted octanol–water partition coefficient (Wildman–Crippen LogP) is 3.66. The predicted molar refractivity (Wildman–Crippen MR) is 106 cm³/mol. The van der Waals surface area contributed by atoms with E-state index in [0.29, 0.717) is 12.5 Å². The van der Waals surface area contributed by atoms with Crippen LogP contribution in [0.2, 0.25) is 0 Å². The lowest BCUT2D eigenvalue weighted by Gasteiger charge is -2.23. The van der Waals surface area contributed by atoms with Crippen LogP contribution in [0, 0.1) is 0 Å². The van der Waals surface area contributed by atoms with Gasteiger partial charge in [-0.15, -0.1) is 0 Å². The third-order valence-corrected chi connectivity index (χ3v) is 5.25. The highest BCUT2D eigenvalue weighted by molar-refractivity contribution is 7.10. The number of fused-ring (bicyclic) bond motifs is 1. The molecule has 0 fully saturated rings. The molecule has 0 radical (unpaired) electrons. The summed E-state index contributed by atoms with van der Waals surface area (Å²) in [4.78, 5) is 16.9. The highest BCUT2D eigenvalue weighted by atomic mass is 32.1. The number of urea groups is 1. The summed E-state index contributed by atoms with van der Waals surface area (Å²) in [6.07, 6.45) is 1.69. The first kappa shape index (κ1) is 17.7. The number of rotatable bonds is 4. The number of hydrogen-bond acceptors (Lipinski definition) is 5. The quantitative estimate of drug-likeness (QED) is 0.721. The fourth-order valence-electron chi connectivity index (χ4n) is 3.10. The number of aryl methyl sites for hydroxylation is 1. The molecular formula is C19H22N6OS.